The third-order valence-corrected chi connectivity index (χ3v) is 3.42. The van der Waals surface area contributed by atoms with E-state index in [2.05, 4.69) is 22.9 Å². The van der Waals surface area contributed by atoms with Gasteiger partial charge in [-0.15, -0.1) is 0 Å². The van der Waals surface area contributed by atoms with Crippen LogP contribution in [0.5, 0.6) is 0 Å². The van der Waals surface area contributed by atoms with Gasteiger partial charge in [-0.2, -0.15) is 0 Å². The smallest absolute Gasteiger partial charge is 0.0386 e. The zero-order chi connectivity index (χ0) is 6.24. The molecule has 8 heavy (non-hydrogen) atoms. The van der Waals surface area contributed by atoms with Gasteiger partial charge in [-0.3, -0.25) is 0 Å². The Morgan fingerprint density at radius 2 is 2.12 bits per heavy atom. The van der Waals surface area contributed by atoms with E-state index < -0.39 is 0 Å². The Kier molecular flexibility index (Phi) is 8.37. The molecule has 0 saturated heterocycles. The van der Waals surface area contributed by atoms with Gasteiger partial charge < -0.3 is 0 Å². The summed E-state index contributed by atoms with van der Waals surface area (Å²) >= 11 is 3.41. The molecule has 0 nitrogen and oxygen atoms in total. The molecule has 0 rings (SSSR count). The molecule has 0 heterocycles. The standard InChI is InChI=1S/C6H13BrSi/c1-2-3-5-8-6-4-7/h2-6H2,1H3. The van der Waals surface area contributed by atoms with E-state index in [1.165, 1.54) is 39.8 Å². The summed E-state index contributed by atoms with van der Waals surface area (Å²) in [5.41, 5.74) is 0. The molecular weight excluding hydrogens is 180 g/mol. The second kappa shape index (κ2) is 7.70. The van der Waals surface area contributed by atoms with E-state index in [-0.39, 0.29) is 0 Å². The highest BCUT2D eigenvalue weighted by Crippen LogP contribution is 1.97. The van der Waals surface area contributed by atoms with Crippen LogP contribution in [0.25, 0.3) is 0 Å². The zero-order valence-electron chi connectivity index (χ0n) is 5.41. The highest BCUT2D eigenvalue weighted by Gasteiger charge is 1.85. The van der Waals surface area contributed by atoms with E-state index in [4.69, 9.17) is 0 Å². The van der Waals surface area contributed by atoms with Crippen molar-refractivity contribution in [3.63, 3.8) is 0 Å². The van der Waals surface area contributed by atoms with Gasteiger partial charge in [0.25, 0.3) is 0 Å². The van der Waals surface area contributed by atoms with Gasteiger partial charge in [0.1, 0.15) is 0 Å². The fourth-order valence-electron chi connectivity index (χ4n) is 0.494. The van der Waals surface area contributed by atoms with Gasteiger partial charge >= 0.3 is 0 Å². The van der Waals surface area contributed by atoms with Crippen molar-refractivity contribution in [1.82, 2.24) is 0 Å². The van der Waals surface area contributed by atoms with Crippen LogP contribution in [0.2, 0.25) is 12.1 Å². The van der Waals surface area contributed by atoms with Gasteiger partial charge in [-0.1, -0.05) is 47.8 Å². The molecule has 2 radical (unpaired) electrons. The lowest BCUT2D eigenvalue weighted by molar-refractivity contribution is 0.878. The molecule has 48 valence electrons. The molecule has 0 atom stereocenters. The molecule has 0 fully saturated rings. The third kappa shape index (κ3) is 6.70. The molecule has 0 spiro atoms. The topological polar surface area (TPSA) is 0 Å². The maximum absolute atomic E-state index is 3.41. The van der Waals surface area contributed by atoms with Crippen LogP contribution in [0, 0.1) is 0 Å². The first-order chi connectivity index (χ1) is 3.91. The van der Waals surface area contributed by atoms with Crippen molar-refractivity contribution >= 4 is 25.4 Å². The lowest BCUT2D eigenvalue weighted by Gasteiger charge is -1.91. The van der Waals surface area contributed by atoms with Crippen molar-refractivity contribution in [1.29, 1.82) is 0 Å². The molecule has 0 aromatic rings. The molecule has 0 unspecified atom stereocenters. The Bertz CT molecular complexity index is 33.5. The maximum Gasteiger partial charge on any atom is 0.0386 e. The molecule has 0 N–H and O–H groups in total. The van der Waals surface area contributed by atoms with Gasteiger partial charge in [0, 0.05) is 14.8 Å². The van der Waals surface area contributed by atoms with Gasteiger partial charge in [-0.05, 0) is 0 Å². The Labute approximate surface area is 63.0 Å². The van der Waals surface area contributed by atoms with Crippen LogP contribution in [0.4, 0.5) is 0 Å². The van der Waals surface area contributed by atoms with Crippen LogP contribution < -0.4 is 0 Å². The molecule has 2 heteroatoms. The van der Waals surface area contributed by atoms with Crippen LogP contribution in [0.3, 0.4) is 0 Å². The van der Waals surface area contributed by atoms with Gasteiger partial charge in [0.2, 0.25) is 0 Å². The van der Waals surface area contributed by atoms with Crippen LogP contribution in [-0.2, 0) is 0 Å². The van der Waals surface area contributed by atoms with Gasteiger partial charge in [0.05, 0.1) is 0 Å². The summed E-state index contributed by atoms with van der Waals surface area (Å²) in [6, 6.07) is 2.82. The van der Waals surface area contributed by atoms with E-state index in [9.17, 15) is 0 Å². The van der Waals surface area contributed by atoms with Gasteiger partial charge in [-0.25, -0.2) is 0 Å². The maximum atomic E-state index is 3.41. The molecule has 0 aliphatic heterocycles. The van der Waals surface area contributed by atoms with E-state index in [1.807, 2.05) is 0 Å². The summed E-state index contributed by atoms with van der Waals surface area (Å²) in [5, 5.41) is 1.19. The molecular formula is C6H13BrSi. The average Bonchev–Trinajstić information content (AvgIpc) is 1.81. The van der Waals surface area contributed by atoms with Crippen molar-refractivity contribution in [3.05, 3.63) is 0 Å². The van der Waals surface area contributed by atoms with Crippen LogP contribution >= 0.6 is 15.9 Å². The van der Waals surface area contributed by atoms with Crippen molar-refractivity contribution in [3.8, 4) is 0 Å². The highest BCUT2D eigenvalue weighted by molar-refractivity contribution is 9.09. The minimum atomic E-state index is 1.19. The molecule has 0 aromatic heterocycles. The molecule has 0 amide bonds. The van der Waals surface area contributed by atoms with Gasteiger partial charge in [0.15, 0.2) is 0 Å². The summed E-state index contributed by atoms with van der Waals surface area (Å²) < 4.78 is 0. The average molecular weight is 193 g/mol. The van der Waals surface area contributed by atoms with Crippen molar-refractivity contribution in [2.75, 3.05) is 5.33 Å². The number of halogens is 1. The Morgan fingerprint density at radius 3 is 2.62 bits per heavy atom. The van der Waals surface area contributed by atoms with E-state index >= 15 is 0 Å². The molecule has 0 aliphatic carbocycles. The first kappa shape index (κ1) is 8.70. The number of rotatable bonds is 5. The Balaban J connectivity index is 2.53. The Morgan fingerprint density at radius 1 is 1.38 bits per heavy atom. The fourth-order valence-corrected chi connectivity index (χ4v) is 2.32. The molecule has 0 saturated carbocycles. The largest absolute Gasteiger partial charge is 0.0931 e. The van der Waals surface area contributed by atoms with Crippen molar-refractivity contribution in [2.45, 2.75) is 31.9 Å². The quantitative estimate of drug-likeness (QED) is 0.358. The monoisotopic (exact) mass is 192 g/mol. The fraction of sp³-hybridized carbons (Fsp3) is 1.00. The summed E-state index contributed by atoms with van der Waals surface area (Å²) in [7, 11) is 1.19. The van der Waals surface area contributed by atoms with E-state index in [0.29, 0.717) is 0 Å². The van der Waals surface area contributed by atoms with E-state index in [1.54, 1.807) is 0 Å². The lowest BCUT2D eigenvalue weighted by Crippen LogP contribution is -1.87. The van der Waals surface area contributed by atoms with Crippen molar-refractivity contribution in [2.24, 2.45) is 0 Å². The predicted octanol–water partition coefficient (Wildman–Crippen LogP) is 2.72. The number of hydrogen-bond donors (Lipinski definition) is 0. The summed E-state index contributed by atoms with van der Waals surface area (Å²) in [4.78, 5) is 0. The molecule has 0 aliphatic rings. The number of alkyl halides is 1. The minimum Gasteiger partial charge on any atom is -0.0931 e. The molecule has 0 aromatic carbocycles. The summed E-state index contributed by atoms with van der Waals surface area (Å²) in [6.07, 6.45) is 2.78. The normalized spacial score (nSPS) is 9.75. The second-order valence-electron chi connectivity index (χ2n) is 1.79. The summed E-state index contributed by atoms with van der Waals surface area (Å²) in [6.45, 7) is 2.25. The Hall–Kier alpha value is 0.697. The predicted molar refractivity (Wildman–Crippen MR) is 44.1 cm³/mol. The lowest BCUT2D eigenvalue weighted by atomic mass is 10.4. The highest BCUT2D eigenvalue weighted by atomic mass is 79.9. The first-order valence-electron chi connectivity index (χ1n) is 3.18. The number of unbranched alkanes of at least 4 members (excludes halogenated alkanes) is 1. The first-order valence-corrected chi connectivity index (χ1v) is 5.72. The number of hydrogen-bond acceptors (Lipinski definition) is 0. The summed E-state index contributed by atoms with van der Waals surface area (Å²) in [5.74, 6) is 0. The third-order valence-electron chi connectivity index (χ3n) is 0.978. The van der Waals surface area contributed by atoms with E-state index in [0.717, 1.165) is 0 Å². The minimum absolute atomic E-state index is 1.19. The van der Waals surface area contributed by atoms with Crippen LogP contribution in [0.1, 0.15) is 19.8 Å². The van der Waals surface area contributed by atoms with Crippen molar-refractivity contribution < 1.29 is 0 Å². The van der Waals surface area contributed by atoms with Crippen LogP contribution in [-0.4, -0.2) is 14.8 Å². The second-order valence-corrected chi connectivity index (χ2v) is 4.09. The zero-order valence-corrected chi connectivity index (χ0v) is 8.00. The van der Waals surface area contributed by atoms with Crippen LogP contribution in [0.15, 0.2) is 0 Å². The molecule has 0 bridgehead atoms. The SMILES string of the molecule is CCCC[Si]CCBr.